The largest absolute Gasteiger partial charge is 0.493 e. The third-order valence-electron chi connectivity index (χ3n) is 3.86. The number of nitro benzene ring substituents is 1. The van der Waals surface area contributed by atoms with Gasteiger partial charge in [-0.05, 0) is 18.2 Å². The molecule has 28 heavy (non-hydrogen) atoms. The summed E-state index contributed by atoms with van der Waals surface area (Å²) in [7, 11) is 3.10. The van der Waals surface area contributed by atoms with Crippen LogP contribution in [0.3, 0.4) is 0 Å². The van der Waals surface area contributed by atoms with Gasteiger partial charge < -0.3 is 14.2 Å². The summed E-state index contributed by atoms with van der Waals surface area (Å²) in [6.45, 7) is -0.104. The number of methoxy groups -OCH3 is 2. The fourth-order valence-electron chi connectivity index (χ4n) is 2.58. The fraction of sp³-hybridized carbons (Fsp3) is 0.158. The predicted octanol–water partition coefficient (Wildman–Crippen LogP) is 4.09. The van der Waals surface area contributed by atoms with E-state index in [1.807, 2.05) is 12.1 Å². The molecule has 0 aliphatic heterocycles. The second-order valence-electron chi connectivity index (χ2n) is 5.54. The molecule has 0 amide bonds. The van der Waals surface area contributed by atoms with Crippen LogP contribution in [0.1, 0.15) is 16.1 Å². The lowest BCUT2D eigenvalue weighted by Crippen LogP contribution is -2.08. The summed E-state index contributed by atoms with van der Waals surface area (Å²) in [5.41, 5.74) is 0.880. The van der Waals surface area contributed by atoms with Crippen molar-refractivity contribution in [3.8, 4) is 22.1 Å². The van der Waals surface area contributed by atoms with Crippen molar-refractivity contribution in [1.29, 1.82) is 0 Å². The molecule has 8 nitrogen and oxygen atoms in total. The first-order valence-corrected chi connectivity index (χ1v) is 8.99. The van der Waals surface area contributed by atoms with Gasteiger partial charge in [0.25, 0.3) is 5.69 Å². The maximum absolute atomic E-state index is 12.2. The number of benzene rings is 2. The van der Waals surface area contributed by atoms with Crippen LogP contribution < -0.4 is 9.47 Å². The zero-order valence-corrected chi connectivity index (χ0v) is 15.9. The number of aromatic nitrogens is 1. The summed E-state index contributed by atoms with van der Waals surface area (Å²) in [5.74, 6) is 0.364. The van der Waals surface area contributed by atoms with Gasteiger partial charge >= 0.3 is 5.97 Å². The third-order valence-corrected chi connectivity index (χ3v) is 4.78. The summed E-state index contributed by atoms with van der Waals surface area (Å²) in [6, 6.07) is 11.1. The topological polar surface area (TPSA) is 101 Å². The number of hydrogen-bond donors (Lipinski definition) is 0. The first kappa shape index (κ1) is 19.3. The highest BCUT2D eigenvalue weighted by Gasteiger charge is 2.21. The van der Waals surface area contributed by atoms with Crippen molar-refractivity contribution in [3.63, 3.8) is 0 Å². The number of carbonyl (C=O) groups excluding carboxylic acids is 1. The second-order valence-corrected chi connectivity index (χ2v) is 6.39. The second kappa shape index (κ2) is 8.49. The van der Waals surface area contributed by atoms with Gasteiger partial charge in [0, 0.05) is 11.4 Å². The van der Waals surface area contributed by atoms with Gasteiger partial charge in [0.2, 0.25) is 0 Å². The van der Waals surface area contributed by atoms with Crippen molar-refractivity contribution in [2.24, 2.45) is 0 Å². The van der Waals surface area contributed by atoms with E-state index in [-0.39, 0.29) is 17.9 Å². The van der Waals surface area contributed by atoms with Gasteiger partial charge in [-0.15, -0.1) is 11.3 Å². The van der Waals surface area contributed by atoms with Crippen LogP contribution in [0.2, 0.25) is 0 Å². The van der Waals surface area contributed by atoms with Gasteiger partial charge in [-0.1, -0.05) is 18.2 Å². The molecule has 1 heterocycles. The van der Waals surface area contributed by atoms with E-state index in [4.69, 9.17) is 14.2 Å². The quantitative estimate of drug-likeness (QED) is 0.334. The maximum atomic E-state index is 12.2. The number of nitro groups is 1. The molecule has 3 aromatic rings. The van der Waals surface area contributed by atoms with Gasteiger partial charge in [-0.2, -0.15) is 0 Å². The summed E-state index contributed by atoms with van der Waals surface area (Å²) >= 11 is 1.36. The Kier molecular flexibility index (Phi) is 5.85. The first-order chi connectivity index (χ1) is 13.5. The van der Waals surface area contributed by atoms with E-state index in [0.29, 0.717) is 22.2 Å². The van der Waals surface area contributed by atoms with Gasteiger partial charge in [0.05, 0.1) is 30.4 Å². The normalized spacial score (nSPS) is 10.4. The maximum Gasteiger partial charge on any atom is 0.345 e. The van der Waals surface area contributed by atoms with Crippen LogP contribution in [0.15, 0.2) is 47.8 Å². The zero-order valence-electron chi connectivity index (χ0n) is 15.1. The Morgan fingerprint density at radius 1 is 1.14 bits per heavy atom. The standard InChI is InChI=1S/C19H16N2O6S/c1-25-16-9-5-7-14(17(16)26-2)18-20-12(11-28-18)10-27-19(22)13-6-3-4-8-15(13)21(23)24/h3-9,11H,10H2,1-2H3. The average Bonchev–Trinajstić information content (AvgIpc) is 3.20. The van der Waals surface area contributed by atoms with Crippen LogP contribution in [0, 0.1) is 10.1 Å². The minimum absolute atomic E-state index is 0.0996. The smallest absolute Gasteiger partial charge is 0.345 e. The van der Waals surface area contributed by atoms with Crippen molar-refractivity contribution in [2.75, 3.05) is 14.2 Å². The molecule has 3 rings (SSSR count). The fourth-order valence-corrected chi connectivity index (χ4v) is 3.40. The number of carbonyl (C=O) groups is 1. The van der Waals surface area contributed by atoms with E-state index in [2.05, 4.69) is 4.98 Å². The molecule has 0 unspecified atom stereocenters. The van der Waals surface area contributed by atoms with E-state index in [1.54, 1.807) is 31.7 Å². The molecular formula is C19H16N2O6S. The van der Waals surface area contributed by atoms with Gasteiger partial charge in [-0.25, -0.2) is 9.78 Å². The monoisotopic (exact) mass is 400 g/mol. The van der Waals surface area contributed by atoms with Crippen LogP contribution in [0.25, 0.3) is 10.6 Å². The first-order valence-electron chi connectivity index (χ1n) is 8.11. The molecule has 0 N–H and O–H groups in total. The number of thiazole rings is 1. The molecule has 0 saturated carbocycles. The summed E-state index contributed by atoms with van der Waals surface area (Å²) < 4.78 is 15.9. The lowest BCUT2D eigenvalue weighted by molar-refractivity contribution is -0.385. The Bertz CT molecular complexity index is 1020. The van der Waals surface area contributed by atoms with Crippen LogP contribution in [-0.2, 0) is 11.3 Å². The Hall–Kier alpha value is -3.46. The molecule has 1 aromatic heterocycles. The van der Waals surface area contributed by atoms with Crippen LogP contribution in [0.4, 0.5) is 5.69 Å². The molecule has 0 saturated heterocycles. The van der Waals surface area contributed by atoms with Crippen molar-refractivity contribution in [3.05, 3.63) is 69.2 Å². The molecule has 0 aliphatic carbocycles. The number of hydrogen-bond acceptors (Lipinski definition) is 8. The van der Waals surface area contributed by atoms with Crippen molar-refractivity contribution in [1.82, 2.24) is 4.98 Å². The number of nitrogens with zero attached hydrogens (tertiary/aromatic N) is 2. The molecule has 2 aromatic carbocycles. The highest BCUT2D eigenvalue weighted by atomic mass is 32.1. The highest BCUT2D eigenvalue weighted by molar-refractivity contribution is 7.13. The Morgan fingerprint density at radius 3 is 2.64 bits per heavy atom. The predicted molar refractivity (Wildman–Crippen MR) is 103 cm³/mol. The molecule has 0 fully saturated rings. The number of ether oxygens (including phenoxy) is 3. The SMILES string of the molecule is COc1cccc(-c2nc(COC(=O)c3ccccc3[N+](=O)[O-])cs2)c1OC. The minimum Gasteiger partial charge on any atom is -0.493 e. The third kappa shape index (κ3) is 3.94. The number of rotatable bonds is 7. The van der Waals surface area contributed by atoms with Crippen molar-refractivity contribution >= 4 is 23.0 Å². The van der Waals surface area contributed by atoms with E-state index in [1.165, 1.54) is 29.5 Å². The van der Waals surface area contributed by atoms with Crippen molar-refractivity contribution < 1.29 is 23.9 Å². The van der Waals surface area contributed by atoms with Crippen LogP contribution >= 0.6 is 11.3 Å². The summed E-state index contributed by atoms with van der Waals surface area (Å²) in [5, 5.41) is 13.5. The van der Waals surface area contributed by atoms with Gasteiger partial charge in [-0.3, -0.25) is 10.1 Å². The lowest BCUT2D eigenvalue weighted by Gasteiger charge is -2.10. The molecule has 0 radical (unpaired) electrons. The molecule has 144 valence electrons. The number of esters is 1. The number of para-hydroxylation sites is 2. The molecule has 0 atom stereocenters. The Morgan fingerprint density at radius 2 is 1.93 bits per heavy atom. The van der Waals surface area contributed by atoms with Gasteiger partial charge in [0.1, 0.15) is 17.2 Å². The van der Waals surface area contributed by atoms with E-state index < -0.39 is 10.9 Å². The minimum atomic E-state index is -0.777. The molecular weight excluding hydrogens is 384 g/mol. The van der Waals surface area contributed by atoms with Crippen LogP contribution in [0.5, 0.6) is 11.5 Å². The molecule has 0 spiro atoms. The van der Waals surface area contributed by atoms with Crippen molar-refractivity contribution in [2.45, 2.75) is 6.61 Å². The lowest BCUT2D eigenvalue weighted by atomic mass is 10.2. The van der Waals surface area contributed by atoms with E-state index in [0.717, 1.165) is 5.56 Å². The Labute approximate surface area is 164 Å². The van der Waals surface area contributed by atoms with E-state index in [9.17, 15) is 14.9 Å². The molecule has 0 aliphatic rings. The summed E-state index contributed by atoms with van der Waals surface area (Å²) in [4.78, 5) is 27.1. The Balaban J connectivity index is 1.76. The zero-order chi connectivity index (χ0) is 20.1. The highest BCUT2D eigenvalue weighted by Crippen LogP contribution is 2.39. The van der Waals surface area contributed by atoms with Gasteiger partial charge in [0.15, 0.2) is 11.5 Å². The average molecular weight is 400 g/mol. The van der Waals surface area contributed by atoms with E-state index >= 15 is 0 Å². The van der Waals surface area contributed by atoms with Crippen LogP contribution in [-0.4, -0.2) is 30.1 Å². The molecule has 9 heteroatoms. The summed E-state index contributed by atoms with van der Waals surface area (Å²) in [6.07, 6.45) is 0. The molecule has 0 bridgehead atoms.